The number of nitrogens with one attached hydrogen (secondary N) is 1. The third-order valence-electron chi connectivity index (χ3n) is 2.18. The number of thioether (sulfide) groups is 1. The predicted molar refractivity (Wildman–Crippen MR) is 84.3 cm³/mol. The predicted octanol–water partition coefficient (Wildman–Crippen LogP) is 4.54. The van der Waals surface area contributed by atoms with Gasteiger partial charge in [-0.15, -0.1) is 11.3 Å². The van der Waals surface area contributed by atoms with Crippen molar-refractivity contribution in [1.29, 1.82) is 0 Å². The summed E-state index contributed by atoms with van der Waals surface area (Å²) in [5, 5.41) is 2.94. The van der Waals surface area contributed by atoms with E-state index in [1.54, 1.807) is 0 Å². The highest BCUT2D eigenvalue weighted by Gasteiger charge is 2.10. The van der Waals surface area contributed by atoms with Crippen molar-refractivity contribution in [1.82, 2.24) is 5.32 Å². The molecule has 2 nitrogen and oxygen atoms in total. The van der Waals surface area contributed by atoms with Crippen molar-refractivity contribution in [2.75, 3.05) is 18.6 Å². The van der Waals surface area contributed by atoms with Gasteiger partial charge in [0.15, 0.2) is 0 Å². The first kappa shape index (κ1) is 15.5. The number of amides is 1. The van der Waals surface area contributed by atoms with E-state index >= 15 is 0 Å². The zero-order chi connectivity index (χ0) is 12.7. The molecule has 1 amide bonds. The summed E-state index contributed by atoms with van der Waals surface area (Å²) in [6, 6.07) is 1.85. The Labute approximate surface area is 127 Å². The van der Waals surface area contributed by atoms with Crippen LogP contribution in [0.1, 0.15) is 28.9 Å². The first-order valence-corrected chi connectivity index (χ1v) is 9.16. The normalized spacial score (nSPS) is 10.5. The molecule has 0 aliphatic carbocycles. The molecule has 96 valence electrons. The molecule has 1 heterocycles. The van der Waals surface area contributed by atoms with Crippen LogP contribution in [0.5, 0.6) is 0 Å². The van der Waals surface area contributed by atoms with Crippen LogP contribution in [0.15, 0.2) is 14.3 Å². The maximum atomic E-state index is 11.8. The summed E-state index contributed by atoms with van der Waals surface area (Å²) in [4.78, 5) is 12.5. The van der Waals surface area contributed by atoms with Gasteiger partial charge in [-0.2, -0.15) is 11.8 Å². The van der Waals surface area contributed by atoms with Crippen LogP contribution >= 0.6 is 55.0 Å². The number of hydrogen-bond acceptors (Lipinski definition) is 3. The summed E-state index contributed by atoms with van der Waals surface area (Å²) in [7, 11) is 0. The lowest BCUT2D eigenvalue weighted by Crippen LogP contribution is -2.23. The molecule has 6 heteroatoms. The number of hydrogen-bond donors (Lipinski definition) is 1. The Morgan fingerprint density at radius 1 is 1.41 bits per heavy atom. The Morgan fingerprint density at radius 2 is 2.18 bits per heavy atom. The van der Waals surface area contributed by atoms with Crippen molar-refractivity contribution < 1.29 is 4.79 Å². The standard InChI is InChI=1S/C11H15Br2NOS2/c1-16-6-4-2-3-5-14-11(15)9-7-8(12)10(13)17-9/h7H,2-6H2,1H3,(H,14,15). The second-order valence-corrected chi connectivity index (χ2v) is 7.75. The van der Waals surface area contributed by atoms with Gasteiger partial charge in [-0.25, -0.2) is 0 Å². The number of halogens is 2. The number of rotatable bonds is 7. The second-order valence-electron chi connectivity index (χ2n) is 3.54. The van der Waals surface area contributed by atoms with Gasteiger partial charge in [-0.05, 0) is 62.8 Å². The minimum Gasteiger partial charge on any atom is -0.351 e. The first-order valence-electron chi connectivity index (χ1n) is 5.37. The minimum atomic E-state index is 0.0197. The lowest BCUT2D eigenvalue weighted by atomic mass is 10.2. The topological polar surface area (TPSA) is 29.1 Å². The second kappa shape index (κ2) is 8.56. The summed E-state index contributed by atoms with van der Waals surface area (Å²) in [5.41, 5.74) is 0. The smallest absolute Gasteiger partial charge is 0.261 e. The van der Waals surface area contributed by atoms with Gasteiger partial charge in [-0.1, -0.05) is 6.42 Å². The SMILES string of the molecule is CSCCCCCNC(=O)c1cc(Br)c(Br)s1. The summed E-state index contributed by atoms with van der Waals surface area (Å²) >= 11 is 10.1. The van der Waals surface area contributed by atoms with E-state index in [-0.39, 0.29) is 5.91 Å². The maximum absolute atomic E-state index is 11.8. The number of carbonyl (C=O) groups is 1. The zero-order valence-corrected chi connectivity index (χ0v) is 14.4. The van der Waals surface area contributed by atoms with E-state index in [1.807, 2.05) is 17.8 Å². The van der Waals surface area contributed by atoms with Crippen molar-refractivity contribution in [3.8, 4) is 0 Å². The largest absolute Gasteiger partial charge is 0.351 e. The van der Waals surface area contributed by atoms with Crippen LogP contribution in [0.3, 0.4) is 0 Å². The molecule has 0 atom stereocenters. The van der Waals surface area contributed by atoms with Crippen LogP contribution in [0.4, 0.5) is 0 Å². The number of unbranched alkanes of at least 4 members (excludes halogenated alkanes) is 2. The van der Waals surface area contributed by atoms with Crippen molar-refractivity contribution in [3.05, 3.63) is 19.2 Å². The van der Waals surface area contributed by atoms with Crippen molar-refractivity contribution >= 4 is 60.9 Å². The molecule has 0 fully saturated rings. The highest BCUT2D eigenvalue weighted by Crippen LogP contribution is 2.32. The molecule has 1 N–H and O–H groups in total. The summed E-state index contributed by atoms with van der Waals surface area (Å²) < 4.78 is 1.90. The molecular formula is C11H15Br2NOS2. The maximum Gasteiger partial charge on any atom is 0.261 e. The first-order chi connectivity index (χ1) is 8.15. The summed E-state index contributed by atoms with van der Waals surface area (Å²) in [6.45, 7) is 0.764. The molecule has 0 aromatic carbocycles. The third kappa shape index (κ3) is 5.77. The van der Waals surface area contributed by atoms with Crippen LogP contribution in [0, 0.1) is 0 Å². The van der Waals surface area contributed by atoms with E-state index in [2.05, 4.69) is 43.4 Å². The monoisotopic (exact) mass is 399 g/mol. The van der Waals surface area contributed by atoms with E-state index in [4.69, 9.17) is 0 Å². The van der Waals surface area contributed by atoms with Gasteiger partial charge in [0.1, 0.15) is 0 Å². The van der Waals surface area contributed by atoms with Gasteiger partial charge in [0.25, 0.3) is 5.91 Å². The Kier molecular flexibility index (Phi) is 7.82. The molecule has 0 saturated carbocycles. The molecule has 17 heavy (non-hydrogen) atoms. The Morgan fingerprint density at radius 3 is 2.76 bits per heavy atom. The Balaban J connectivity index is 2.21. The Hall–Kier alpha value is 0.480. The average molecular weight is 401 g/mol. The Bertz CT molecular complexity index is 349. The molecule has 0 radical (unpaired) electrons. The molecule has 0 bridgehead atoms. The number of thiophene rings is 1. The molecular weight excluding hydrogens is 386 g/mol. The molecule has 0 aliphatic rings. The molecule has 1 aromatic rings. The van der Waals surface area contributed by atoms with Gasteiger partial charge < -0.3 is 5.32 Å². The zero-order valence-electron chi connectivity index (χ0n) is 9.59. The van der Waals surface area contributed by atoms with Crippen LogP contribution in [0.25, 0.3) is 0 Å². The van der Waals surface area contributed by atoms with Crippen molar-refractivity contribution in [3.63, 3.8) is 0 Å². The van der Waals surface area contributed by atoms with E-state index in [0.29, 0.717) is 0 Å². The lowest BCUT2D eigenvalue weighted by Gasteiger charge is -2.02. The summed E-state index contributed by atoms with van der Waals surface area (Å²) in [5.74, 6) is 1.23. The molecule has 0 aliphatic heterocycles. The number of carbonyl (C=O) groups excluding carboxylic acids is 1. The quantitative estimate of drug-likeness (QED) is 0.680. The molecule has 0 spiro atoms. The average Bonchev–Trinajstić information content (AvgIpc) is 2.64. The van der Waals surface area contributed by atoms with E-state index < -0.39 is 0 Å². The fraction of sp³-hybridized carbons (Fsp3) is 0.545. The summed E-state index contributed by atoms with van der Waals surface area (Å²) in [6.07, 6.45) is 5.58. The van der Waals surface area contributed by atoms with Crippen molar-refractivity contribution in [2.45, 2.75) is 19.3 Å². The van der Waals surface area contributed by atoms with Gasteiger partial charge in [-0.3, -0.25) is 4.79 Å². The van der Waals surface area contributed by atoms with Gasteiger partial charge in [0.05, 0.1) is 8.66 Å². The fourth-order valence-corrected chi connectivity index (χ4v) is 3.74. The highest BCUT2D eigenvalue weighted by atomic mass is 79.9. The van der Waals surface area contributed by atoms with Crippen LogP contribution < -0.4 is 5.32 Å². The van der Waals surface area contributed by atoms with E-state index in [9.17, 15) is 4.79 Å². The molecule has 0 saturated heterocycles. The van der Waals surface area contributed by atoms with E-state index in [1.165, 1.54) is 29.9 Å². The van der Waals surface area contributed by atoms with Crippen LogP contribution in [0.2, 0.25) is 0 Å². The fourth-order valence-electron chi connectivity index (χ4n) is 1.30. The highest BCUT2D eigenvalue weighted by molar-refractivity contribution is 9.13. The molecule has 1 aromatic heterocycles. The van der Waals surface area contributed by atoms with Crippen LogP contribution in [-0.4, -0.2) is 24.5 Å². The van der Waals surface area contributed by atoms with Gasteiger partial charge in [0, 0.05) is 11.0 Å². The van der Waals surface area contributed by atoms with Gasteiger partial charge in [0.2, 0.25) is 0 Å². The third-order valence-corrected chi connectivity index (χ3v) is 6.13. The van der Waals surface area contributed by atoms with Crippen molar-refractivity contribution in [2.24, 2.45) is 0 Å². The van der Waals surface area contributed by atoms with Crippen LogP contribution in [-0.2, 0) is 0 Å². The minimum absolute atomic E-state index is 0.0197. The van der Waals surface area contributed by atoms with E-state index in [0.717, 1.165) is 26.1 Å². The molecule has 1 rings (SSSR count). The lowest BCUT2D eigenvalue weighted by molar-refractivity contribution is 0.0957. The van der Waals surface area contributed by atoms with Gasteiger partial charge >= 0.3 is 0 Å². The molecule has 0 unspecified atom stereocenters.